The first kappa shape index (κ1) is 15.1. The zero-order valence-corrected chi connectivity index (χ0v) is 13.2. The number of halogens is 2. The number of benzene rings is 2. The average Bonchev–Trinajstić information content (AvgIpc) is 2.40. The molecule has 0 atom stereocenters. The van der Waals surface area contributed by atoms with Crippen LogP contribution in [0.5, 0.6) is 0 Å². The molecular formula is C17H16Cl2O. The van der Waals surface area contributed by atoms with Crippen molar-refractivity contribution in [1.29, 1.82) is 0 Å². The minimum absolute atomic E-state index is 0.0518. The number of carbonyl (C=O) groups is 1. The Balaban J connectivity index is 2.31. The lowest BCUT2D eigenvalue weighted by atomic mass is 9.86. The second kappa shape index (κ2) is 5.59. The Morgan fingerprint density at radius 2 is 1.40 bits per heavy atom. The molecule has 2 aromatic carbocycles. The maximum Gasteiger partial charge on any atom is 0.193 e. The standard InChI is InChI=1S/C17H16Cl2O/c1-17(2,3)13-7-4-11(5-8-13)16(20)12-6-9-14(18)15(19)10-12/h4-10H,1-3H3. The molecule has 3 heteroatoms. The summed E-state index contributed by atoms with van der Waals surface area (Å²) in [7, 11) is 0. The lowest BCUT2D eigenvalue weighted by Crippen LogP contribution is -2.11. The Kier molecular flexibility index (Phi) is 4.22. The van der Waals surface area contributed by atoms with Crippen LogP contribution in [0.3, 0.4) is 0 Å². The van der Waals surface area contributed by atoms with Crippen molar-refractivity contribution in [1.82, 2.24) is 0 Å². The van der Waals surface area contributed by atoms with E-state index in [2.05, 4.69) is 20.8 Å². The summed E-state index contributed by atoms with van der Waals surface area (Å²) in [6, 6.07) is 12.6. The summed E-state index contributed by atoms with van der Waals surface area (Å²) in [5.41, 5.74) is 2.47. The summed E-state index contributed by atoms with van der Waals surface area (Å²) in [5, 5.41) is 0.843. The summed E-state index contributed by atoms with van der Waals surface area (Å²) in [5.74, 6) is -0.0518. The van der Waals surface area contributed by atoms with Crippen molar-refractivity contribution in [2.45, 2.75) is 26.2 Å². The highest BCUT2D eigenvalue weighted by molar-refractivity contribution is 6.42. The van der Waals surface area contributed by atoms with Crippen LogP contribution in [0.4, 0.5) is 0 Å². The molecule has 0 bridgehead atoms. The van der Waals surface area contributed by atoms with Crippen LogP contribution in [0.25, 0.3) is 0 Å². The van der Waals surface area contributed by atoms with Crippen molar-refractivity contribution in [3.05, 3.63) is 69.2 Å². The SMILES string of the molecule is CC(C)(C)c1ccc(C(=O)c2ccc(Cl)c(Cl)c2)cc1. The molecular weight excluding hydrogens is 291 g/mol. The van der Waals surface area contributed by atoms with E-state index in [1.54, 1.807) is 18.2 Å². The van der Waals surface area contributed by atoms with Gasteiger partial charge in [0.05, 0.1) is 10.0 Å². The third-order valence-electron chi connectivity index (χ3n) is 3.19. The van der Waals surface area contributed by atoms with E-state index in [0.717, 1.165) is 0 Å². The quantitative estimate of drug-likeness (QED) is 0.667. The van der Waals surface area contributed by atoms with Crippen LogP contribution in [0.1, 0.15) is 42.3 Å². The van der Waals surface area contributed by atoms with Gasteiger partial charge in [-0.05, 0) is 29.2 Å². The van der Waals surface area contributed by atoms with Gasteiger partial charge in [0.15, 0.2) is 5.78 Å². The zero-order chi connectivity index (χ0) is 14.9. The van der Waals surface area contributed by atoms with Gasteiger partial charge in [-0.2, -0.15) is 0 Å². The topological polar surface area (TPSA) is 17.1 Å². The molecule has 0 fully saturated rings. The summed E-state index contributed by atoms with van der Waals surface area (Å²) in [4.78, 5) is 12.4. The molecule has 0 saturated carbocycles. The highest BCUT2D eigenvalue weighted by Gasteiger charge is 2.15. The van der Waals surface area contributed by atoms with Crippen LogP contribution < -0.4 is 0 Å². The van der Waals surface area contributed by atoms with Crippen LogP contribution in [-0.4, -0.2) is 5.78 Å². The number of hydrogen-bond acceptors (Lipinski definition) is 1. The van der Waals surface area contributed by atoms with Gasteiger partial charge in [-0.25, -0.2) is 0 Å². The third-order valence-corrected chi connectivity index (χ3v) is 3.93. The summed E-state index contributed by atoms with van der Waals surface area (Å²) in [6.07, 6.45) is 0. The zero-order valence-electron chi connectivity index (χ0n) is 11.7. The molecule has 0 saturated heterocycles. The highest BCUT2D eigenvalue weighted by atomic mass is 35.5. The van der Waals surface area contributed by atoms with Gasteiger partial charge in [-0.3, -0.25) is 4.79 Å². The molecule has 0 aliphatic carbocycles. The van der Waals surface area contributed by atoms with E-state index in [-0.39, 0.29) is 11.2 Å². The van der Waals surface area contributed by atoms with Gasteiger partial charge >= 0.3 is 0 Å². The largest absolute Gasteiger partial charge is 0.289 e. The van der Waals surface area contributed by atoms with Crippen molar-refractivity contribution in [3.63, 3.8) is 0 Å². The molecule has 0 aromatic heterocycles. The summed E-state index contributed by atoms with van der Waals surface area (Å²) < 4.78 is 0. The van der Waals surface area contributed by atoms with Crippen LogP contribution in [0.15, 0.2) is 42.5 Å². The van der Waals surface area contributed by atoms with Gasteiger partial charge in [0.1, 0.15) is 0 Å². The van der Waals surface area contributed by atoms with Crippen molar-refractivity contribution in [2.75, 3.05) is 0 Å². The number of ketones is 1. The smallest absolute Gasteiger partial charge is 0.193 e. The molecule has 0 unspecified atom stereocenters. The molecule has 0 spiro atoms. The minimum Gasteiger partial charge on any atom is -0.289 e. The maximum absolute atomic E-state index is 12.4. The van der Waals surface area contributed by atoms with Crippen molar-refractivity contribution < 1.29 is 4.79 Å². The second-order valence-electron chi connectivity index (χ2n) is 5.79. The molecule has 2 rings (SSSR count). The normalized spacial score (nSPS) is 11.4. The average molecular weight is 307 g/mol. The first-order valence-electron chi connectivity index (χ1n) is 6.39. The first-order chi connectivity index (χ1) is 9.29. The van der Waals surface area contributed by atoms with Crippen molar-refractivity contribution >= 4 is 29.0 Å². The van der Waals surface area contributed by atoms with Gasteiger partial charge in [0, 0.05) is 11.1 Å². The van der Waals surface area contributed by atoms with Crippen molar-refractivity contribution in [3.8, 4) is 0 Å². The molecule has 0 radical (unpaired) electrons. The van der Waals surface area contributed by atoms with Gasteiger partial charge in [-0.1, -0.05) is 68.2 Å². The fraction of sp³-hybridized carbons (Fsp3) is 0.235. The fourth-order valence-corrected chi connectivity index (χ4v) is 2.22. The predicted molar refractivity (Wildman–Crippen MR) is 85.0 cm³/mol. The van der Waals surface area contributed by atoms with Crippen LogP contribution in [0.2, 0.25) is 10.0 Å². The number of rotatable bonds is 2. The first-order valence-corrected chi connectivity index (χ1v) is 7.15. The predicted octanol–water partition coefficient (Wildman–Crippen LogP) is 5.52. The fourth-order valence-electron chi connectivity index (χ4n) is 1.93. The van der Waals surface area contributed by atoms with E-state index in [4.69, 9.17) is 23.2 Å². The van der Waals surface area contributed by atoms with E-state index in [1.165, 1.54) is 5.56 Å². The van der Waals surface area contributed by atoms with E-state index in [0.29, 0.717) is 21.2 Å². The van der Waals surface area contributed by atoms with Crippen LogP contribution in [0, 0.1) is 0 Å². The molecule has 0 amide bonds. The van der Waals surface area contributed by atoms with Gasteiger partial charge in [0.25, 0.3) is 0 Å². The van der Waals surface area contributed by atoms with E-state index < -0.39 is 0 Å². The molecule has 20 heavy (non-hydrogen) atoms. The molecule has 0 N–H and O–H groups in total. The Bertz CT molecular complexity index is 637. The lowest BCUT2D eigenvalue weighted by Gasteiger charge is -2.19. The Labute approximate surface area is 129 Å². The molecule has 1 nitrogen and oxygen atoms in total. The molecule has 104 valence electrons. The Hall–Kier alpha value is -1.31. The molecule has 0 aliphatic rings. The molecule has 2 aromatic rings. The third kappa shape index (κ3) is 3.23. The maximum atomic E-state index is 12.4. The number of carbonyl (C=O) groups excluding carboxylic acids is 1. The second-order valence-corrected chi connectivity index (χ2v) is 6.60. The summed E-state index contributed by atoms with van der Waals surface area (Å²) in [6.45, 7) is 6.42. The molecule has 0 heterocycles. The molecule has 0 aliphatic heterocycles. The Morgan fingerprint density at radius 3 is 1.90 bits per heavy atom. The number of hydrogen-bond donors (Lipinski definition) is 0. The minimum atomic E-state index is -0.0518. The van der Waals surface area contributed by atoms with Crippen LogP contribution in [-0.2, 0) is 5.41 Å². The Morgan fingerprint density at radius 1 is 0.850 bits per heavy atom. The van der Waals surface area contributed by atoms with E-state index in [9.17, 15) is 4.79 Å². The van der Waals surface area contributed by atoms with E-state index >= 15 is 0 Å². The van der Waals surface area contributed by atoms with Gasteiger partial charge in [-0.15, -0.1) is 0 Å². The van der Waals surface area contributed by atoms with Gasteiger partial charge in [0.2, 0.25) is 0 Å². The van der Waals surface area contributed by atoms with E-state index in [1.807, 2.05) is 24.3 Å². The van der Waals surface area contributed by atoms with Crippen molar-refractivity contribution in [2.24, 2.45) is 0 Å². The lowest BCUT2D eigenvalue weighted by molar-refractivity contribution is 0.103. The van der Waals surface area contributed by atoms with Gasteiger partial charge < -0.3 is 0 Å². The monoisotopic (exact) mass is 306 g/mol. The van der Waals surface area contributed by atoms with Crippen LogP contribution >= 0.6 is 23.2 Å². The highest BCUT2D eigenvalue weighted by Crippen LogP contribution is 2.25. The summed E-state index contributed by atoms with van der Waals surface area (Å²) >= 11 is 11.8.